The molecular formula is C18H26N2O5S. The Hall–Kier alpha value is -1.77. The van der Waals surface area contributed by atoms with Gasteiger partial charge in [0.2, 0.25) is 5.91 Å². The van der Waals surface area contributed by atoms with Crippen LogP contribution in [0.5, 0.6) is 5.75 Å². The summed E-state index contributed by atoms with van der Waals surface area (Å²) in [5, 5.41) is 8.78. The van der Waals surface area contributed by atoms with Gasteiger partial charge in [0.15, 0.2) is 0 Å². The first-order valence-corrected chi connectivity index (χ1v) is 8.72. The predicted octanol–water partition coefficient (Wildman–Crippen LogP) is 1.84. The first-order chi connectivity index (χ1) is 12.1. The molecule has 144 valence electrons. The number of hydrogen-bond acceptors (Lipinski definition) is 5. The third-order valence-electron chi connectivity index (χ3n) is 4.97. The molecule has 1 aromatic rings. The molecule has 1 aromatic carbocycles. The molecule has 1 saturated heterocycles. The molecule has 0 saturated carbocycles. The summed E-state index contributed by atoms with van der Waals surface area (Å²) in [6.07, 6.45) is 2.32. The van der Waals surface area contributed by atoms with Gasteiger partial charge in [-0.3, -0.25) is 14.8 Å². The van der Waals surface area contributed by atoms with Crippen LogP contribution >= 0.6 is 13.5 Å². The number of hydrogen-bond donors (Lipinski definition) is 2. The molecule has 2 amide bonds. The van der Waals surface area contributed by atoms with Gasteiger partial charge in [-0.25, -0.2) is 5.48 Å². The van der Waals surface area contributed by atoms with Crippen molar-refractivity contribution in [1.82, 2.24) is 10.4 Å². The average molecular weight is 382 g/mol. The molecule has 0 unspecified atom stereocenters. The highest BCUT2D eigenvalue weighted by molar-refractivity contribution is 7.59. The Bertz CT molecular complexity index is 648. The molecular weight excluding hydrogens is 356 g/mol. The van der Waals surface area contributed by atoms with Crippen LogP contribution in [0.4, 0.5) is 0 Å². The van der Waals surface area contributed by atoms with E-state index in [1.54, 1.807) is 23.7 Å². The normalized spacial score (nSPS) is 20.2. The minimum absolute atomic E-state index is 0. The molecule has 0 aromatic heterocycles. The number of ether oxygens (including phenoxy) is 2. The van der Waals surface area contributed by atoms with Crippen molar-refractivity contribution in [2.75, 3.05) is 19.8 Å². The monoisotopic (exact) mass is 382 g/mol. The Morgan fingerprint density at radius 2 is 2.04 bits per heavy atom. The molecule has 7 nitrogen and oxygen atoms in total. The Morgan fingerprint density at radius 1 is 1.31 bits per heavy atom. The number of benzene rings is 1. The Morgan fingerprint density at radius 3 is 2.69 bits per heavy atom. The number of nitrogens with zero attached hydrogens (tertiary/aromatic N) is 1. The van der Waals surface area contributed by atoms with E-state index in [0.29, 0.717) is 37.7 Å². The van der Waals surface area contributed by atoms with Gasteiger partial charge in [0.25, 0.3) is 5.91 Å². The maximum atomic E-state index is 13.0. The largest absolute Gasteiger partial charge is 0.491 e. The molecule has 1 fully saturated rings. The maximum absolute atomic E-state index is 13.0. The summed E-state index contributed by atoms with van der Waals surface area (Å²) in [5.74, 6) is 0.159. The molecule has 2 N–H and O–H groups in total. The van der Waals surface area contributed by atoms with E-state index in [0.717, 1.165) is 24.8 Å². The number of hydroxylamine groups is 1. The topological polar surface area (TPSA) is 88.1 Å². The zero-order valence-corrected chi connectivity index (χ0v) is 15.9. The highest BCUT2D eigenvalue weighted by Gasteiger charge is 2.33. The lowest BCUT2D eigenvalue weighted by atomic mass is 9.97. The van der Waals surface area contributed by atoms with Gasteiger partial charge in [-0.1, -0.05) is 13.0 Å². The molecule has 0 spiro atoms. The third-order valence-corrected chi connectivity index (χ3v) is 4.97. The SMILES string of the molecule is CC[C@H]1COc2cc(C(=O)NO)ccc2CN1C(=O)C1CCOCC1.S. The molecule has 0 aliphatic carbocycles. The van der Waals surface area contributed by atoms with Crippen molar-refractivity contribution in [3.63, 3.8) is 0 Å². The Kier molecular flexibility index (Phi) is 7.31. The quantitative estimate of drug-likeness (QED) is 0.615. The van der Waals surface area contributed by atoms with Crippen molar-refractivity contribution >= 4 is 25.3 Å². The number of carbonyl (C=O) groups is 2. The van der Waals surface area contributed by atoms with Crippen LogP contribution in [0.2, 0.25) is 0 Å². The molecule has 0 radical (unpaired) electrons. The molecule has 0 bridgehead atoms. The van der Waals surface area contributed by atoms with Gasteiger partial charge in [-0.2, -0.15) is 13.5 Å². The van der Waals surface area contributed by atoms with E-state index < -0.39 is 5.91 Å². The van der Waals surface area contributed by atoms with Gasteiger partial charge in [0.05, 0.1) is 6.04 Å². The van der Waals surface area contributed by atoms with Crippen molar-refractivity contribution < 1.29 is 24.3 Å². The molecule has 8 heteroatoms. The van der Waals surface area contributed by atoms with E-state index in [9.17, 15) is 9.59 Å². The fraction of sp³-hybridized carbons (Fsp3) is 0.556. The van der Waals surface area contributed by atoms with Crippen LogP contribution in [-0.2, 0) is 16.1 Å². The lowest BCUT2D eigenvalue weighted by Crippen LogP contribution is -2.45. The summed E-state index contributed by atoms with van der Waals surface area (Å²) in [6.45, 7) is 4.16. The first-order valence-electron chi connectivity index (χ1n) is 8.72. The minimum Gasteiger partial charge on any atom is -0.491 e. The van der Waals surface area contributed by atoms with Crippen LogP contribution in [-0.4, -0.2) is 47.8 Å². The first kappa shape index (κ1) is 20.5. The second kappa shape index (κ2) is 9.25. The average Bonchev–Trinajstić information content (AvgIpc) is 2.86. The number of fused-ring (bicyclic) bond motifs is 1. The van der Waals surface area contributed by atoms with Crippen LogP contribution in [0, 0.1) is 5.92 Å². The summed E-state index contributed by atoms with van der Waals surface area (Å²) in [7, 11) is 0. The number of nitrogens with one attached hydrogen (secondary N) is 1. The highest BCUT2D eigenvalue weighted by atomic mass is 32.1. The van der Waals surface area contributed by atoms with E-state index in [1.807, 2.05) is 11.8 Å². The lowest BCUT2D eigenvalue weighted by Gasteiger charge is -2.33. The van der Waals surface area contributed by atoms with Crippen LogP contribution in [0.3, 0.4) is 0 Å². The predicted molar refractivity (Wildman–Crippen MR) is 99.7 cm³/mol. The van der Waals surface area contributed by atoms with Crippen LogP contribution in [0.15, 0.2) is 18.2 Å². The summed E-state index contributed by atoms with van der Waals surface area (Å²) in [6, 6.07) is 5.01. The summed E-state index contributed by atoms with van der Waals surface area (Å²) >= 11 is 0. The van der Waals surface area contributed by atoms with Gasteiger partial charge in [-0.15, -0.1) is 0 Å². The van der Waals surface area contributed by atoms with Gasteiger partial charge < -0.3 is 14.4 Å². The zero-order chi connectivity index (χ0) is 17.8. The summed E-state index contributed by atoms with van der Waals surface area (Å²) in [4.78, 5) is 26.5. The van der Waals surface area contributed by atoms with E-state index >= 15 is 0 Å². The fourth-order valence-corrected chi connectivity index (χ4v) is 3.39. The van der Waals surface area contributed by atoms with Crippen LogP contribution < -0.4 is 10.2 Å². The van der Waals surface area contributed by atoms with Crippen molar-refractivity contribution in [3.05, 3.63) is 29.3 Å². The fourth-order valence-electron chi connectivity index (χ4n) is 3.39. The number of carbonyl (C=O) groups excluding carboxylic acids is 2. The summed E-state index contributed by atoms with van der Waals surface area (Å²) < 4.78 is 11.2. The maximum Gasteiger partial charge on any atom is 0.274 e. The van der Waals surface area contributed by atoms with Gasteiger partial charge in [0, 0.05) is 36.8 Å². The third kappa shape index (κ3) is 4.31. The second-order valence-corrected chi connectivity index (χ2v) is 6.49. The zero-order valence-electron chi connectivity index (χ0n) is 14.9. The molecule has 3 rings (SSSR count). The van der Waals surface area contributed by atoms with Gasteiger partial charge >= 0.3 is 0 Å². The van der Waals surface area contributed by atoms with Gasteiger partial charge in [-0.05, 0) is 31.4 Å². The molecule has 2 aliphatic rings. The van der Waals surface area contributed by atoms with Gasteiger partial charge in [0.1, 0.15) is 12.4 Å². The van der Waals surface area contributed by atoms with E-state index in [4.69, 9.17) is 14.7 Å². The van der Waals surface area contributed by atoms with E-state index in [-0.39, 0.29) is 31.4 Å². The summed E-state index contributed by atoms with van der Waals surface area (Å²) in [5.41, 5.74) is 2.81. The van der Waals surface area contributed by atoms with Crippen molar-refractivity contribution in [3.8, 4) is 5.75 Å². The number of rotatable bonds is 3. The van der Waals surface area contributed by atoms with Crippen molar-refractivity contribution in [1.29, 1.82) is 0 Å². The van der Waals surface area contributed by atoms with Crippen molar-refractivity contribution in [2.45, 2.75) is 38.8 Å². The number of amides is 2. The van der Waals surface area contributed by atoms with E-state index in [1.165, 1.54) is 0 Å². The Balaban J connectivity index is 0.00000243. The second-order valence-electron chi connectivity index (χ2n) is 6.49. The standard InChI is InChI=1S/C18H24N2O5.H2S/c1-2-15-11-25-16-9-13(17(21)19-23)3-4-14(16)10-20(15)18(22)12-5-7-24-8-6-12;/h3-4,9,12,15,23H,2,5-8,10-11H2,1H3,(H,19,21);1H2/t15-;/m0./s1. The van der Waals surface area contributed by atoms with Crippen molar-refractivity contribution in [2.24, 2.45) is 5.92 Å². The molecule has 2 heterocycles. The lowest BCUT2D eigenvalue weighted by molar-refractivity contribution is -0.142. The highest BCUT2D eigenvalue weighted by Crippen LogP contribution is 2.29. The van der Waals surface area contributed by atoms with E-state index in [2.05, 4.69) is 0 Å². The van der Waals surface area contributed by atoms with Crippen LogP contribution in [0.1, 0.15) is 42.1 Å². The van der Waals surface area contributed by atoms with Crippen LogP contribution in [0.25, 0.3) is 0 Å². The molecule has 26 heavy (non-hydrogen) atoms. The molecule has 2 aliphatic heterocycles. The minimum atomic E-state index is -0.585. The molecule has 1 atom stereocenters. The Labute approximate surface area is 160 Å². The smallest absolute Gasteiger partial charge is 0.274 e.